The van der Waals surface area contributed by atoms with E-state index < -0.39 is 12.1 Å². The number of unbranched alkanes of at least 4 members (excludes halogenated alkanes) is 49. The molecule has 0 bridgehead atoms. The third-order valence-electron chi connectivity index (χ3n) is 15.1. The molecule has 0 aromatic carbocycles. The minimum atomic E-state index is -0.845. The summed E-state index contributed by atoms with van der Waals surface area (Å²) in [4.78, 5) is 24.6. The van der Waals surface area contributed by atoms with Crippen molar-refractivity contribution < 1.29 is 24.5 Å². The maximum atomic E-state index is 12.5. The second kappa shape index (κ2) is 60.2. The fourth-order valence-corrected chi connectivity index (χ4v) is 10.2. The van der Waals surface area contributed by atoms with Crippen molar-refractivity contribution in [3.8, 4) is 0 Å². The molecule has 1 amide bonds. The Bertz CT molecular complexity index is 1050. The first-order valence-corrected chi connectivity index (χ1v) is 32.0. The molecule has 0 aliphatic carbocycles. The van der Waals surface area contributed by atoms with Crippen molar-refractivity contribution in [2.45, 2.75) is 373 Å². The van der Waals surface area contributed by atoms with Gasteiger partial charge in [0, 0.05) is 12.8 Å². The van der Waals surface area contributed by atoms with E-state index in [9.17, 15) is 19.8 Å². The molecule has 0 saturated heterocycles. The summed E-state index contributed by atoms with van der Waals surface area (Å²) in [5.41, 5.74) is 0. The SMILES string of the molecule is CCCCCCCCCCCCCCC/C=C/C(O)C(CO)NC(=O)CCCCCCCCCCCCCCCCCCCCCCOC(=O)CCCCCCCCCCCCCCCCCCCC. The van der Waals surface area contributed by atoms with Crippen molar-refractivity contribution in [3.05, 3.63) is 12.2 Å². The molecule has 6 nitrogen and oxygen atoms in total. The standard InChI is InChI=1S/C64H125NO5/c1-3-5-7-9-11-13-15-17-19-20-26-30-34-38-42-46-50-54-58-64(69)70-59-55-51-47-43-39-35-31-27-24-22-21-23-25-29-33-37-41-45-49-53-57-63(68)65-61(60-66)62(67)56-52-48-44-40-36-32-28-18-16-14-12-10-8-6-4-2/h52,56,61-62,66-67H,3-51,53-55,57-60H2,1-2H3,(H,65,68)/b56-52+. The van der Waals surface area contributed by atoms with Crippen LogP contribution in [0.25, 0.3) is 0 Å². The molecule has 70 heavy (non-hydrogen) atoms. The van der Waals surface area contributed by atoms with Crippen LogP contribution in [0.5, 0.6) is 0 Å². The lowest BCUT2D eigenvalue weighted by molar-refractivity contribution is -0.143. The highest BCUT2D eigenvalue weighted by molar-refractivity contribution is 5.76. The Labute approximate surface area is 438 Å². The van der Waals surface area contributed by atoms with E-state index in [1.165, 1.54) is 295 Å². The largest absolute Gasteiger partial charge is 0.466 e. The van der Waals surface area contributed by atoms with E-state index in [0.29, 0.717) is 19.4 Å². The molecule has 0 aliphatic heterocycles. The highest BCUT2D eigenvalue weighted by atomic mass is 16.5. The van der Waals surface area contributed by atoms with E-state index in [-0.39, 0.29) is 18.5 Å². The molecule has 0 aliphatic rings. The number of rotatable bonds is 60. The van der Waals surface area contributed by atoms with Crippen LogP contribution >= 0.6 is 0 Å². The minimum absolute atomic E-state index is 0.0151. The summed E-state index contributed by atoms with van der Waals surface area (Å²) in [7, 11) is 0. The van der Waals surface area contributed by atoms with E-state index in [1.54, 1.807) is 6.08 Å². The van der Waals surface area contributed by atoms with Gasteiger partial charge in [0.15, 0.2) is 0 Å². The van der Waals surface area contributed by atoms with Crippen LogP contribution in [0.4, 0.5) is 0 Å². The van der Waals surface area contributed by atoms with Crippen LogP contribution in [0.15, 0.2) is 12.2 Å². The average Bonchev–Trinajstić information content (AvgIpc) is 3.36. The van der Waals surface area contributed by atoms with Crippen molar-refractivity contribution in [3.63, 3.8) is 0 Å². The number of amides is 1. The van der Waals surface area contributed by atoms with Gasteiger partial charge in [-0.2, -0.15) is 0 Å². The number of aliphatic hydroxyl groups is 2. The first-order chi connectivity index (χ1) is 34.5. The van der Waals surface area contributed by atoms with Gasteiger partial charge in [0.2, 0.25) is 5.91 Å². The smallest absolute Gasteiger partial charge is 0.305 e. The summed E-state index contributed by atoms with van der Waals surface area (Å²) < 4.78 is 5.50. The predicted molar refractivity (Wildman–Crippen MR) is 306 cm³/mol. The van der Waals surface area contributed by atoms with Gasteiger partial charge in [-0.1, -0.05) is 328 Å². The number of hydrogen-bond donors (Lipinski definition) is 3. The quantitative estimate of drug-likeness (QED) is 0.0321. The van der Waals surface area contributed by atoms with Crippen LogP contribution in [0.2, 0.25) is 0 Å². The third kappa shape index (κ3) is 55.9. The summed E-state index contributed by atoms with van der Waals surface area (Å²) in [5, 5.41) is 23.1. The lowest BCUT2D eigenvalue weighted by Gasteiger charge is -2.20. The molecule has 2 unspecified atom stereocenters. The number of carbonyl (C=O) groups is 2. The van der Waals surface area contributed by atoms with E-state index in [0.717, 1.165) is 38.5 Å². The average molecular weight is 989 g/mol. The normalized spacial score (nSPS) is 12.6. The summed E-state index contributed by atoms with van der Waals surface area (Å²) in [6.07, 6.45) is 72.5. The van der Waals surface area contributed by atoms with E-state index >= 15 is 0 Å². The van der Waals surface area contributed by atoms with Gasteiger partial charge in [-0.25, -0.2) is 0 Å². The van der Waals surface area contributed by atoms with Crippen LogP contribution in [0.1, 0.15) is 361 Å². The van der Waals surface area contributed by atoms with Crippen LogP contribution in [0.3, 0.4) is 0 Å². The number of aliphatic hydroxyl groups excluding tert-OH is 2. The third-order valence-corrected chi connectivity index (χ3v) is 15.1. The molecule has 3 N–H and O–H groups in total. The summed E-state index contributed by atoms with van der Waals surface area (Å²) in [6, 6.07) is -0.628. The van der Waals surface area contributed by atoms with Gasteiger partial charge in [-0.15, -0.1) is 0 Å². The number of hydrogen-bond acceptors (Lipinski definition) is 5. The summed E-state index contributed by atoms with van der Waals surface area (Å²) in [5.74, 6) is -0.0522. The lowest BCUT2D eigenvalue weighted by atomic mass is 10.0. The Morgan fingerprint density at radius 1 is 0.386 bits per heavy atom. The second-order valence-electron chi connectivity index (χ2n) is 22.1. The van der Waals surface area contributed by atoms with Crippen LogP contribution in [-0.4, -0.2) is 47.4 Å². The van der Waals surface area contributed by atoms with Crippen LogP contribution in [0, 0.1) is 0 Å². The molecule has 0 radical (unpaired) electrons. The van der Waals surface area contributed by atoms with Gasteiger partial charge < -0.3 is 20.3 Å². The molecule has 2 atom stereocenters. The van der Waals surface area contributed by atoms with E-state index in [4.69, 9.17) is 4.74 Å². The maximum Gasteiger partial charge on any atom is 0.305 e. The van der Waals surface area contributed by atoms with Crippen molar-refractivity contribution in [1.82, 2.24) is 5.32 Å². The molecular formula is C64H125NO5. The number of ether oxygens (including phenoxy) is 1. The number of allylic oxidation sites excluding steroid dienone is 1. The number of nitrogens with one attached hydrogen (secondary N) is 1. The Kier molecular flexibility index (Phi) is 59.0. The molecule has 0 aromatic rings. The van der Waals surface area contributed by atoms with E-state index in [1.807, 2.05) is 6.08 Å². The molecule has 0 spiro atoms. The first kappa shape index (κ1) is 68.6. The van der Waals surface area contributed by atoms with Gasteiger partial charge in [-0.05, 0) is 32.1 Å². The second-order valence-corrected chi connectivity index (χ2v) is 22.1. The van der Waals surface area contributed by atoms with Gasteiger partial charge in [0.1, 0.15) is 0 Å². The lowest BCUT2D eigenvalue weighted by Crippen LogP contribution is -2.45. The topological polar surface area (TPSA) is 95.9 Å². The Hall–Kier alpha value is -1.40. The van der Waals surface area contributed by atoms with Gasteiger partial charge in [0.05, 0.1) is 25.4 Å². The molecule has 0 rings (SSSR count). The predicted octanol–water partition coefficient (Wildman–Crippen LogP) is 20.0. The van der Waals surface area contributed by atoms with Crippen molar-refractivity contribution in [1.29, 1.82) is 0 Å². The molecule has 0 aromatic heterocycles. The Balaban J connectivity index is 3.38. The highest BCUT2D eigenvalue weighted by Gasteiger charge is 2.18. The Morgan fingerprint density at radius 2 is 0.657 bits per heavy atom. The van der Waals surface area contributed by atoms with E-state index in [2.05, 4.69) is 19.2 Å². The molecule has 0 fully saturated rings. The minimum Gasteiger partial charge on any atom is -0.466 e. The van der Waals surface area contributed by atoms with Gasteiger partial charge in [-0.3, -0.25) is 9.59 Å². The van der Waals surface area contributed by atoms with Crippen LogP contribution in [-0.2, 0) is 14.3 Å². The van der Waals surface area contributed by atoms with Crippen molar-refractivity contribution in [2.75, 3.05) is 13.2 Å². The zero-order valence-electron chi connectivity index (χ0n) is 47.5. The zero-order valence-corrected chi connectivity index (χ0v) is 47.5. The maximum absolute atomic E-state index is 12.5. The highest BCUT2D eigenvalue weighted by Crippen LogP contribution is 2.18. The fraction of sp³-hybridized carbons (Fsp3) is 0.938. The molecule has 416 valence electrons. The monoisotopic (exact) mass is 988 g/mol. The fourth-order valence-electron chi connectivity index (χ4n) is 10.2. The Morgan fingerprint density at radius 3 is 0.971 bits per heavy atom. The molecule has 0 saturated carbocycles. The van der Waals surface area contributed by atoms with Crippen molar-refractivity contribution in [2.24, 2.45) is 0 Å². The van der Waals surface area contributed by atoms with Gasteiger partial charge >= 0.3 is 5.97 Å². The zero-order chi connectivity index (χ0) is 50.7. The summed E-state index contributed by atoms with van der Waals surface area (Å²) in [6.45, 7) is 4.93. The molecule has 0 heterocycles. The van der Waals surface area contributed by atoms with Crippen molar-refractivity contribution >= 4 is 11.9 Å². The van der Waals surface area contributed by atoms with Gasteiger partial charge in [0.25, 0.3) is 0 Å². The number of carbonyl (C=O) groups excluding carboxylic acids is 2. The summed E-state index contributed by atoms with van der Waals surface area (Å²) >= 11 is 0. The molecule has 6 heteroatoms. The van der Waals surface area contributed by atoms with Crippen LogP contribution < -0.4 is 5.32 Å². The molecular weight excluding hydrogens is 863 g/mol. The first-order valence-electron chi connectivity index (χ1n) is 32.0. The number of esters is 1.